The Hall–Kier alpha value is -2.72. The van der Waals surface area contributed by atoms with Crippen molar-refractivity contribution in [1.29, 1.82) is 0 Å². The molecule has 2 N–H and O–H groups in total. The van der Waals surface area contributed by atoms with Crippen LogP contribution >= 0.6 is 11.8 Å². The molecule has 4 rings (SSSR count). The van der Waals surface area contributed by atoms with Crippen LogP contribution in [0, 0.1) is 5.92 Å². The first-order chi connectivity index (χ1) is 15.9. The van der Waals surface area contributed by atoms with E-state index in [0.717, 1.165) is 21.8 Å². The van der Waals surface area contributed by atoms with Gasteiger partial charge in [-0.3, -0.25) is 4.79 Å². The summed E-state index contributed by atoms with van der Waals surface area (Å²) in [5.74, 6) is 0.621. The van der Waals surface area contributed by atoms with Crippen molar-refractivity contribution < 1.29 is 19.4 Å². The standard InChI is InChI=1S/C24H28N4O4S/c1-15-21(13-33-24-27-25-14-28(24)3)31-23(19-5-4-6-20(11-19)26-16(2)30)32-22(15)18-9-7-17(12-29)8-10-18/h4-11,14-15,21-23,29H,12-13H2,1-3H3,(H,26,30)/t15-,21+,22+,23+/m1/s1. The Kier molecular flexibility index (Phi) is 7.44. The van der Waals surface area contributed by atoms with Crippen LogP contribution in [0.25, 0.3) is 0 Å². The zero-order chi connectivity index (χ0) is 23.4. The molecule has 1 amide bonds. The summed E-state index contributed by atoms with van der Waals surface area (Å²) >= 11 is 1.59. The van der Waals surface area contributed by atoms with Crippen LogP contribution in [-0.4, -0.2) is 37.6 Å². The Morgan fingerprint density at radius 3 is 2.64 bits per heavy atom. The normalized spacial score (nSPS) is 22.8. The van der Waals surface area contributed by atoms with Gasteiger partial charge in [0.15, 0.2) is 11.4 Å². The van der Waals surface area contributed by atoms with Crippen LogP contribution in [0.15, 0.2) is 60.0 Å². The number of ether oxygens (including phenoxy) is 2. The third kappa shape index (κ3) is 5.62. The average molecular weight is 469 g/mol. The van der Waals surface area contributed by atoms with Gasteiger partial charge < -0.3 is 24.5 Å². The van der Waals surface area contributed by atoms with Gasteiger partial charge in [0.1, 0.15) is 6.33 Å². The van der Waals surface area contributed by atoms with Gasteiger partial charge in [-0.25, -0.2) is 0 Å². The van der Waals surface area contributed by atoms with Crippen molar-refractivity contribution >= 4 is 23.4 Å². The number of rotatable bonds is 7. The van der Waals surface area contributed by atoms with Gasteiger partial charge in [0.2, 0.25) is 5.91 Å². The highest BCUT2D eigenvalue weighted by atomic mass is 32.2. The Morgan fingerprint density at radius 1 is 1.18 bits per heavy atom. The van der Waals surface area contributed by atoms with Crippen molar-refractivity contribution in [2.75, 3.05) is 11.1 Å². The summed E-state index contributed by atoms with van der Waals surface area (Å²) in [6.45, 7) is 3.60. The molecule has 8 nitrogen and oxygen atoms in total. The molecule has 0 unspecified atom stereocenters. The SMILES string of the molecule is CC(=O)Nc1cccc([C@H]2O[C@@H](CSc3nncn3C)[C@@H](C)[C@@H](c3ccc(CO)cc3)O2)c1. The summed E-state index contributed by atoms with van der Waals surface area (Å²) in [7, 11) is 1.92. The molecule has 3 aromatic rings. The lowest BCUT2D eigenvalue weighted by molar-refractivity contribution is -0.268. The van der Waals surface area contributed by atoms with Gasteiger partial charge in [-0.1, -0.05) is 55.1 Å². The van der Waals surface area contributed by atoms with E-state index in [9.17, 15) is 9.90 Å². The van der Waals surface area contributed by atoms with Crippen molar-refractivity contribution in [2.45, 2.75) is 44.1 Å². The second-order valence-corrected chi connectivity index (χ2v) is 9.15. The van der Waals surface area contributed by atoms with Gasteiger partial charge in [-0.2, -0.15) is 0 Å². The van der Waals surface area contributed by atoms with E-state index in [2.05, 4.69) is 22.4 Å². The van der Waals surface area contributed by atoms with E-state index in [4.69, 9.17) is 9.47 Å². The Morgan fingerprint density at radius 2 is 1.97 bits per heavy atom. The number of amides is 1. The molecule has 1 aromatic heterocycles. The van der Waals surface area contributed by atoms with E-state index >= 15 is 0 Å². The molecule has 1 fully saturated rings. The van der Waals surface area contributed by atoms with Crippen LogP contribution in [0.1, 0.15) is 42.9 Å². The molecule has 2 heterocycles. The van der Waals surface area contributed by atoms with E-state index in [0.29, 0.717) is 11.4 Å². The number of hydrogen-bond acceptors (Lipinski definition) is 7. The highest BCUT2D eigenvalue weighted by Crippen LogP contribution is 2.43. The van der Waals surface area contributed by atoms with E-state index in [1.807, 2.05) is 60.1 Å². The molecule has 0 spiro atoms. The van der Waals surface area contributed by atoms with Gasteiger partial charge in [-0.05, 0) is 23.3 Å². The predicted octanol–water partition coefficient (Wildman–Crippen LogP) is 3.85. The van der Waals surface area contributed by atoms with Crippen molar-refractivity contribution in [2.24, 2.45) is 13.0 Å². The van der Waals surface area contributed by atoms with Gasteiger partial charge in [0.25, 0.3) is 0 Å². The molecule has 0 radical (unpaired) electrons. The summed E-state index contributed by atoms with van der Waals surface area (Å²) in [5.41, 5.74) is 3.41. The Labute approximate surface area is 197 Å². The number of aliphatic hydroxyl groups excluding tert-OH is 1. The smallest absolute Gasteiger partial charge is 0.221 e. The molecule has 0 bridgehead atoms. The predicted molar refractivity (Wildman–Crippen MR) is 125 cm³/mol. The number of benzene rings is 2. The first-order valence-corrected chi connectivity index (χ1v) is 11.8. The number of hydrogen-bond donors (Lipinski definition) is 2. The molecule has 1 aliphatic heterocycles. The van der Waals surface area contributed by atoms with Gasteiger partial charge in [0, 0.05) is 36.9 Å². The fourth-order valence-electron chi connectivity index (χ4n) is 3.84. The molecular formula is C24H28N4O4S. The number of aryl methyl sites for hydroxylation is 1. The van der Waals surface area contributed by atoms with Crippen LogP contribution in [-0.2, 0) is 27.9 Å². The second-order valence-electron chi connectivity index (χ2n) is 8.16. The van der Waals surface area contributed by atoms with Crippen LogP contribution in [0.2, 0.25) is 0 Å². The van der Waals surface area contributed by atoms with Gasteiger partial charge in [0.05, 0.1) is 18.8 Å². The number of nitrogens with zero attached hydrogens (tertiary/aromatic N) is 3. The molecule has 9 heteroatoms. The maximum absolute atomic E-state index is 11.5. The maximum Gasteiger partial charge on any atom is 0.221 e. The molecule has 33 heavy (non-hydrogen) atoms. The first-order valence-electron chi connectivity index (χ1n) is 10.8. The zero-order valence-electron chi connectivity index (χ0n) is 18.8. The molecule has 2 aromatic carbocycles. The topological polar surface area (TPSA) is 98.5 Å². The molecule has 0 saturated carbocycles. The monoisotopic (exact) mass is 468 g/mol. The highest BCUT2D eigenvalue weighted by molar-refractivity contribution is 7.99. The Balaban J connectivity index is 1.60. The quantitative estimate of drug-likeness (QED) is 0.508. The number of thioether (sulfide) groups is 1. The lowest BCUT2D eigenvalue weighted by Gasteiger charge is -2.41. The van der Waals surface area contributed by atoms with Crippen molar-refractivity contribution in [3.63, 3.8) is 0 Å². The zero-order valence-corrected chi connectivity index (χ0v) is 19.7. The maximum atomic E-state index is 11.5. The minimum absolute atomic E-state index is 0.000000197. The third-order valence-electron chi connectivity index (χ3n) is 5.65. The third-order valence-corrected chi connectivity index (χ3v) is 6.77. The molecular weight excluding hydrogens is 440 g/mol. The number of carbonyl (C=O) groups is 1. The summed E-state index contributed by atoms with van der Waals surface area (Å²) in [5, 5.41) is 21.2. The van der Waals surface area contributed by atoms with Crippen LogP contribution in [0.5, 0.6) is 0 Å². The molecule has 0 aliphatic carbocycles. The second kappa shape index (κ2) is 10.5. The van der Waals surface area contributed by atoms with Crippen LogP contribution in [0.4, 0.5) is 5.69 Å². The number of aliphatic hydroxyl groups is 1. The van der Waals surface area contributed by atoms with Gasteiger partial charge in [-0.15, -0.1) is 10.2 Å². The minimum Gasteiger partial charge on any atom is -0.392 e. The van der Waals surface area contributed by atoms with Gasteiger partial charge >= 0.3 is 0 Å². The number of anilines is 1. The summed E-state index contributed by atoms with van der Waals surface area (Å²) in [6.07, 6.45) is 0.768. The number of nitrogens with one attached hydrogen (secondary N) is 1. The Bertz CT molecular complexity index is 1090. The lowest BCUT2D eigenvalue weighted by Crippen LogP contribution is -2.38. The summed E-state index contributed by atoms with van der Waals surface area (Å²) < 4.78 is 14.8. The molecule has 1 aliphatic rings. The summed E-state index contributed by atoms with van der Waals surface area (Å²) in [4.78, 5) is 11.5. The van der Waals surface area contributed by atoms with E-state index in [1.165, 1.54) is 6.92 Å². The lowest BCUT2D eigenvalue weighted by atomic mass is 9.91. The van der Waals surface area contributed by atoms with Crippen LogP contribution in [0.3, 0.4) is 0 Å². The largest absolute Gasteiger partial charge is 0.392 e. The summed E-state index contributed by atoms with van der Waals surface area (Å²) in [6, 6.07) is 15.3. The minimum atomic E-state index is -0.595. The van der Waals surface area contributed by atoms with Crippen molar-refractivity contribution in [1.82, 2.24) is 14.8 Å². The average Bonchev–Trinajstić information content (AvgIpc) is 3.23. The fraction of sp³-hybridized carbons (Fsp3) is 0.375. The highest BCUT2D eigenvalue weighted by Gasteiger charge is 2.38. The first kappa shape index (κ1) is 23.4. The molecule has 174 valence electrons. The molecule has 4 atom stereocenters. The van der Waals surface area contributed by atoms with E-state index < -0.39 is 6.29 Å². The molecule has 1 saturated heterocycles. The number of aromatic nitrogens is 3. The number of carbonyl (C=O) groups excluding carboxylic acids is 1. The van der Waals surface area contributed by atoms with Crippen molar-refractivity contribution in [3.05, 3.63) is 71.5 Å². The van der Waals surface area contributed by atoms with E-state index in [-0.39, 0.29) is 30.6 Å². The fourth-order valence-corrected chi connectivity index (χ4v) is 4.89. The van der Waals surface area contributed by atoms with Crippen molar-refractivity contribution in [3.8, 4) is 0 Å². The van der Waals surface area contributed by atoms with E-state index in [1.54, 1.807) is 18.1 Å². The van der Waals surface area contributed by atoms with Crippen LogP contribution < -0.4 is 5.32 Å².